The molecule has 2 atom stereocenters. The Kier molecular flexibility index (Phi) is 2.87. The maximum absolute atomic E-state index is 13.2. The summed E-state index contributed by atoms with van der Waals surface area (Å²) in [5, 5.41) is 9.66. The lowest BCUT2D eigenvalue weighted by molar-refractivity contribution is -0.0939. The zero-order valence-corrected chi connectivity index (χ0v) is 9.41. The lowest BCUT2D eigenvalue weighted by Gasteiger charge is -2.32. The number of rotatable bonds is 1. The second kappa shape index (κ2) is 4.07. The van der Waals surface area contributed by atoms with E-state index in [0.29, 0.717) is 5.56 Å². The van der Waals surface area contributed by atoms with Crippen molar-refractivity contribution in [2.45, 2.75) is 26.1 Å². The zero-order valence-electron chi connectivity index (χ0n) is 9.41. The smallest absolute Gasteiger partial charge is 0.340 e. The van der Waals surface area contributed by atoms with Crippen molar-refractivity contribution in [1.29, 1.82) is 0 Å². The Morgan fingerprint density at radius 2 is 1.88 bits per heavy atom. The number of aliphatic hydroxyl groups excluding tert-OH is 1. The Balaban J connectivity index is 2.61. The van der Waals surface area contributed by atoms with Crippen molar-refractivity contribution in [3.05, 3.63) is 34.9 Å². The molecule has 1 aliphatic rings. The van der Waals surface area contributed by atoms with Gasteiger partial charge >= 0.3 is 5.97 Å². The predicted molar refractivity (Wildman–Crippen MR) is 55.4 cm³/mol. The number of ether oxygens (including phenoxy) is 1. The van der Waals surface area contributed by atoms with Crippen molar-refractivity contribution in [3.8, 4) is 0 Å². The van der Waals surface area contributed by atoms with Crippen LogP contribution < -0.4 is 0 Å². The molecule has 1 aromatic carbocycles. The van der Waals surface area contributed by atoms with E-state index < -0.39 is 29.8 Å². The molecule has 2 unspecified atom stereocenters. The number of esters is 1. The monoisotopic (exact) mass is 242 g/mol. The van der Waals surface area contributed by atoms with Crippen LogP contribution in [0.4, 0.5) is 8.78 Å². The predicted octanol–water partition coefficient (Wildman–Crippen LogP) is 2.19. The molecular weight excluding hydrogens is 230 g/mol. The van der Waals surface area contributed by atoms with Crippen LogP contribution in [0.5, 0.6) is 0 Å². The Morgan fingerprint density at radius 3 is 2.47 bits per heavy atom. The molecular formula is C12H12F2O3. The molecule has 1 N–H and O–H groups in total. The van der Waals surface area contributed by atoms with Gasteiger partial charge in [-0.05, 0) is 23.6 Å². The van der Waals surface area contributed by atoms with Gasteiger partial charge < -0.3 is 9.84 Å². The Morgan fingerprint density at radius 1 is 1.29 bits per heavy atom. The van der Waals surface area contributed by atoms with E-state index in [9.17, 15) is 18.7 Å². The fourth-order valence-corrected chi connectivity index (χ4v) is 2.10. The number of halogens is 2. The summed E-state index contributed by atoms with van der Waals surface area (Å²) in [4.78, 5) is 11.5. The molecule has 0 radical (unpaired) electrons. The second-order valence-corrected chi connectivity index (χ2v) is 4.42. The van der Waals surface area contributed by atoms with Crippen LogP contribution in [-0.2, 0) is 4.74 Å². The molecule has 0 amide bonds. The van der Waals surface area contributed by atoms with Gasteiger partial charge in [0.1, 0.15) is 0 Å². The summed E-state index contributed by atoms with van der Waals surface area (Å²) in [5.74, 6) is -3.57. The van der Waals surface area contributed by atoms with Crippen molar-refractivity contribution < 1.29 is 23.4 Å². The molecule has 5 heteroatoms. The lowest BCUT2D eigenvalue weighted by atomic mass is 9.83. The molecule has 2 rings (SSSR count). The van der Waals surface area contributed by atoms with Crippen molar-refractivity contribution in [1.82, 2.24) is 0 Å². The van der Waals surface area contributed by atoms with Crippen LogP contribution in [0, 0.1) is 17.6 Å². The van der Waals surface area contributed by atoms with E-state index in [1.807, 2.05) is 0 Å². The summed E-state index contributed by atoms with van der Waals surface area (Å²) >= 11 is 0. The number of aliphatic hydroxyl groups is 1. The van der Waals surface area contributed by atoms with Gasteiger partial charge in [-0.3, -0.25) is 0 Å². The zero-order chi connectivity index (χ0) is 12.7. The summed E-state index contributed by atoms with van der Waals surface area (Å²) in [7, 11) is 0. The minimum absolute atomic E-state index is 0.0205. The van der Waals surface area contributed by atoms with E-state index in [0.717, 1.165) is 12.1 Å². The largest absolute Gasteiger partial charge is 0.432 e. The number of carbonyl (C=O) groups excluding carboxylic acids is 1. The standard InChI is InChI=1S/C12H12F2O3/c1-5(2)10-6-3-8(13)9(14)4-7(6)11(15)17-12(10)16/h3-5,10,12,16H,1-2H3. The molecule has 0 saturated heterocycles. The first kappa shape index (κ1) is 12.0. The number of fused-ring (bicyclic) bond motifs is 1. The third-order valence-electron chi connectivity index (χ3n) is 2.92. The van der Waals surface area contributed by atoms with E-state index in [1.165, 1.54) is 0 Å². The van der Waals surface area contributed by atoms with Gasteiger partial charge in [0.2, 0.25) is 6.29 Å². The molecule has 0 fully saturated rings. The third-order valence-corrected chi connectivity index (χ3v) is 2.92. The average Bonchev–Trinajstić information content (AvgIpc) is 2.20. The first-order valence-electron chi connectivity index (χ1n) is 5.29. The number of cyclic esters (lactones) is 1. The van der Waals surface area contributed by atoms with Crippen molar-refractivity contribution >= 4 is 5.97 Å². The van der Waals surface area contributed by atoms with E-state index in [2.05, 4.69) is 0 Å². The van der Waals surface area contributed by atoms with Crippen molar-refractivity contribution in [2.24, 2.45) is 5.92 Å². The molecule has 1 aromatic rings. The molecule has 17 heavy (non-hydrogen) atoms. The van der Waals surface area contributed by atoms with Gasteiger partial charge in [0, 0.05) is 5.92 Å². The van der Waals surface area contributed by atoms with E-state index in [1.54, 1.807) is 13.8 Å². The first-order valence-corrected chi connectivity index (χ1v) is 5.29. The second-order valence-electron chi connectivity index (χ2n) is 4.42. The maximum Gasteiger partial charge on any atom is 0.340 e. The fourth-order valence-electron chi connectivity index (χ4n) is 2.10. The van der Waals surface area contributed by atoms with Crippen LogP contribution >= 0.6 is 0 Å². The van der Waals surface area contributed by atoms with Crippen LogP contribution in [-0.4, -0.2) is 17.4 Å². The molecule has 1 heterocycles. The summed E-state index contributed by atoms with van der Waals surface area (Å²) in [5.41, 5.74) is 0.274. The van der Waals surface area contributed by atoms with Crippen LogP contribution in [0.1, 0.15) is 35.7 Å². The molecule has 1 aliphatic heterocycles. The van der Waals surface area contributed by atoms with Crippen molar-refractivity contribution in [3.63, 3.8) is 0 Å². The normalized spacial score (nSPS) is 23.5. The van der Waals surface area contributed by atoms with Gasteiger partial charge in [0.15, 0.2) is 11.6 Å². The van der Waals surface area contributed by atoms with E-state index in [-0.39, 0.29) is 11.5 Å². The van der Waals surface area contributed by atoms with Crippen LogP contribution in [0.3, 0.4) is 0 Å². The van der Waals surface area contributed by atoms with E-state index >= 15 is 0 Å². The van der Waals surface area contributed by atoms with Gasteiger partial charge in [-0.25, -0.2) is 13.6 Å². The molecule has 0 spiro atoms. The molecule has 92 valence electrons. The summed E-state index contributed by atoms with van der Waals surface area (Å²) in [6, 6.07) is 1.77. The van der Waals surface area contributed by atoms with Gasteiger partial charge in [0.05, 0.1) is 5.56 Å². The Bertz CT molecular complexity index is 471. The number of hydrogen-bond donors (Lipinski definition) is 1. The lowest BCUT2D eigenvalue weighted by Crippen LogP contribution is -2.35. The number of carbonyl (C=O) groups is 1. The quantitative estimate of drug-likeness (QED) is 0.768. The highest BCUT2D eigenvalue weighted by atomic mass is 19.2. The average molecular weight is 242 g/mol. The van der Waals surface area contributed by atoms with Crippen molar-refractivity contribution in [2.75, 3.05) is 0 Å². The van der Waals surface area contributed by atoms with Gasteiger partial charge in [-0.15, -0.1) is 0 Å². The Labute approximate surface area is 97.0 Å². The maximum atomic E-state index is 13.2. The SMILES string of the molecule is CC(C)C1c2cc(F)c(F)cc2C(=O)OC1O. The van der Waals surface area contributed by atoms with Crippen LogP contribution in [0.15, 0.2) is 12.1 Å². The molecule has 3 nitrogen and oxygen atoms in total. The van der Waals surface area contributed by atoms with Gasteiger partial charge in [0.25, 0.3) is 0 Å². The number of hydrogen-bond acceptors (Lipinski definition) is 3. The molecule has 0 bridgehead atoms. The number of benzene rings is 1. The summed E-state index contributed by atoms with van der Waals surface area (Å²) < 4.78 is 31.0. The summed E-state index contributed by atoms with van der Waals surface area (Å²) in [6.07, 6.45) is -1.32. The van der Waals surface area contributed by atoms with E-state index in [4.69, 9.17) is 4.74 Å². The third kappa shape index (κ3) is 1.91. The van der Waals surface area contributed by atoms with Gasteiger partial charge in [-0.1, -0.05) is 13.8 Å². The molecule has 0 aromatic heterocycles. The first-order chi connectivity index (χ1) is 7.91. The highest BCUT2D eigenvalue weighted by Crippen LogP contribution is 2.36. The van der Waals surface area contributed by atoms with Gasteiger partial charge in [-0.2, -0.15) is 0 Å². The minimum Gasteiger partial charge on any atom is -0.432 e. The van der Waals surface area contributed by atoms with Crippen LogP contribution in [0.25, 0.3) is 0 Å². The topological polar surface area (TPSA) is 46.5 Å². The minimum atomic E-state index is -1.32. The fraction of sp³-hybridized carbons (Fsp3) is 0.417. The highest BCUT2D eigenvalue weighted by molar-refractivity contribution is 5.92. The van der Waals surface area contributed by atoms with Crippen LogP contribution in [0.2, 0.25) is 0 Å². The summed E-state index contributed by atoms with van der Waals surface area (Å²) in [6.45, 7) is 3.61. The molecule has 0 aliphatic carbocycles. The highest BCUT2D eigenvalue weighted by Gasteiger charge is 2.37. The Hall–Kier alpha value is -1.49. The molecule has 0 saturated carbocycles.